The topological polar surface area (TPSA) is 29.1 Å². The number of carbonyl (C=O) groups excluding carboxylic acids is 1. The van der Waals surface area contributed by atoms with Crippen LogP contribution in [-0.2, 0) is 6.54 Å². The first-order valence-electron chi connectivity index (χ1n) is 5.74. The second-order valence-electron chi connectivity index (χ2n) is 4.18. The Labute approximate surface area is 112 Å². The van der Waals surface area contributed by atoms with E-state index in [0.717, 1.165) is 11.1 Å². The summed E-state index contributed by atoms with van der Waals surface area (Å²) >= 11 is 5.88. The predicted octanol–water partition coefficient (Wildman–Crippen LogP) is 3.58. The molecule has 18 heavy (non-hydrogen) atoms. The fourth-order valence-corrected chi connectivity index (χ4v) is 1.85. The summed E-state index contributed by atoms with van der Waals surface area (Å²) in [7, 11) is 0. The standard InChI is InChI=1S/C15H14ClNO/c1-11-5-7-13(8-6-11)15(18)17-10-12-3-2-4-14(16)9-12/h2-9H,10H2,1H3,(H,17,18). The highest BCUT2D eigenvalue weighted by molar-refractivity contribution is 6.30. The van der Waals surface area contributed by atoms with Crippen molar-refractivity contribution in [2.45, 2.75) is 13.5 Å². The van der Waals surface area contributed by atoms with Gasteiger partial charge in [0.15, 0.2) is 0 Å². The van der Waals surface area contributed by atoms with Gasteiger partial charge in [0.1, 0.15) is 0 Å². The molecule has 0 unspecified atom stereocenters. The van der Waals surface area contributed by atoms with Crippen LogP contribution in [0.1, 0.15) is 21.5 Å². The minimum atomic E-state index is -0.0741. The number of carbonyl (C=O) groups is 1. The van der Waals surface area contributed by atoms with Crippen LogP contribution in [0.25, 0.3) is 0 Å². The van der Waals surface area contributed by atoms with Gasteiger partial charge in [0.2, 0.25) is 0 Å². The first-order valence-corrected chi connectivity index (χ1v) is 6.12. The third kappa shape index (κ3) is 3.34. The summed E-state index contributed by atoms with van der Waals surface area (Å²) < 4.78 is 0. The summed E-state index contributed by atoms with van der Waals surface area (Å²) in [6, 6.07) is 15.0. The van der Waals surface area contributed by atoms with Crippen molar-refractivity contribution < 1.29 is 4.79 Å². The molecule has 0 spiro atoms. The molecule has 0 aromatic heterocycles. The monoisotopic (exact) mass is 259 g/mol. The largest absolute Gasteiger partial charge is 0.348 e. The minimum Gasteiger partial charge on any atom is -0.348 e. The number of benzene rings is 2. The summed E-state index contributed by atoms with van der Waals surface area (Å²) in [6.45, 7) is 2.47. The van der Waals surface area contributed by atoms with Crippen LogP contribution in [0.4, 0.5) is 0 Å². The SMILES string of the molecule is Cc1ccc(C(=O)NCc2cccc(Cl)c2)cc1. The molecule has 2 aromatic carbocycles. The molecule has 0 heterocycles. The summed E-state index contributed by atoms with van der Waals surface area (Å²) in [5.41, 5.74) is 2.80. The van der Waals surface area contributed by atoms with Crippen LogP contribution < -0.4 is 5.32 Å². The quantitative estimate of drug-likeness (QED) is 0.897. The molecule has 1 N–H and O–H groups in total. The highest BCUT2D eigenvalue weighted by Gasteiger charge is 2.04. The van der Waals surface area contributed by atoms with E-state index in [2.05, 4.69) is 5.32 Å². The highest BCUT2D eigenvalue weighted by Crippen LogP contribution is 2.10. The van der Waals surface area contributed by atoms with E-state index in [-0.39, 0.29) is 5.91 Å². The van der Waals surface area contributed by atoms with Gasteiger partial charge in [-0.2, -0.15) is 0 Å². The Hall–Kier alpha value is -1.80. The van der Waals surface area contributed by atoms with Gasteiger partial charge in [-0.15, -0.1) is 0 Å². The van der Waals surface area contributed by atoms with Crippen LogP contribution in [0.3, 0.4) is 0 Å². The van der Waals surface area contributed by atoms with E-state index in [1.54, 1.807) is 0 Å². The van der Waals surface area contributed by atoms with Gasteiger partial charge >= 0.3 is 0 Å². The van der Waals surface area contributed by atoms with Gasteiger partial charge in [0.25, 0.3) is 5.91 Å². The molecule has 0 saturated carbocycles. The highest BCUT2D eigenvalue weighted by atomic mass is 35.5. The lowest BCUT2D eigenvalue weighted by Crippen LogP contribution is -2.22. The third-order valence-electron chi connectivity index (χ3n) is 2.66. The first kappa shape index (κ1) is 12.7. The van der Waals surface area contributed by atoms with Crippen LogP contribution in [0, 0.1) is 6.92 Å². The molecule has 0 aliphatic heterocycles. The Kier molecular flexibility index (Phi) is 4.00. The Morgan fingerprint density at radius 1 is 1.17 bits per heavy atom. The average Bonchev–Trinajstić information content (AvgIpc) is 2.37. The number of halogens is 1. The zero-order valence-corrected chi connectivity index (χ0v) is 10.9. The molecule has 3 heteroatoms. The minimum absolute atomic E-state index is 0.0741. The Morgan fingerprint density at radius 3 is 2.56 bits per heavy atom. The van der Waals surface area contributed by atoms with Crippen molar-refractivity contribution in [3.8, 4) is 0 Å². The van der Waals surface area contributed by atoms with Crippen molar-refractivity contribution in [2.75, 3.05) is 0 Å². The van der Waals surface area contributed by atoms with Crippen molar-refractivity contribution in [2.24, 2.45) is 0 Å². The predicted molar refractivity (Wildman–Crippen MR) is 73.8 cm³/mol. The van der Waals surface area contributed by atoms with E-state index >= 15 is 0 Å². The maximum absolute atomic E-state index is 11.9. The van der Waals surface area contributed by atoms with Gasteiger partial charge in [0.05, 0.1) is 0 Å². The van der Waals surface area contributed by atoms with Crippen LogP contribution in [0.5, 0.6) is 0 Å². The zero-order chi connectivity index (χ0) is 13.0. The number of amides is 1. The van der Waals surface area contributed by atoms with Gasteiger partial charge in [-0.3, -0.25) is 4.79 Å². The molecule has 0 radical (unpaired) electrons. The Bertz CT molecular complexity index is 549. The van der Waals surface area contributed by atoms with E-state index < -0.39 is 0 Å². The van der Waals surface area contributed by atoms with Crippen molar-refractivity contribution in [3.05, 3.63) is 70.2 Å². The molecule has 0 aliphatic carbocycles. The summed E-state index contributed by atoms with van der Waals surface area (Å²) in [6.07, 6.45) is 0. The van der Waals surface area contributed by atoms with E-state index in [4.69, 9.17) is 11.6 Å². The van der Waals surface area contributed by atoms with Crippen LogP contribution in [0.2, 0.25) is 5.02 Å². The van der Waals surface area contributed by atoms with E-state index in [0.29, 0.717) is 17.1 Å². The molecule has 0 aliphatic rings. The van der Waals surface area contributed by atoms with E-state index in [1.165, 1.54) is 0 Å². The molecule has 0 saturated heterocycles. The fourth-order valence-electron chi connectivity index (χ4n) is 1.64. The van der Waals surface area contributed by atoms with Crippen molar-refractivity contribution in [1.29, 1.82) is 0 Å². The smallest absolute Gasteiger partial charge is 0.251 e. The van der Waals surface area contributed by atoms with Crippen molar-refractivity contribution in [3.63, 3.8) is 0 Å². The second kappa shape index (κ2) is 5.69. The van der Waals surface area contributed by atoms with Gasteiger partial charge in [-0.1, -0.05) is 41.4 Å². The van der Waals surface area contributed by atoms with Gasteiger partial charge in [-0.25, -0.2) is 0 Å². The molecule has 92 valence electrons. The van der Waals surface area contributed by atoms with Gasteiger partial charge < -0.3 is 5.32 Å². The molecule has 2 rings (SSSR count). The summed E-state index contributed by atoms with van der Waals surface area (Å²) in [4.78, 5) is 11.9. The fraction of sp³-hybridized carbons (Fsp3) is 0.133. The Morgan fingerprint density at radius 2 is 1.89 bits per heavy atom. The molecule has 2 nitrogen and oxygen atoms in total. The normalized spacial score (nSPS) is 10.1. The molecular formula is C15H14ClNO. The molecule has 0 bridgehead atoms. The number of hydrogen-bond donors (Lipinski definition) is 1. The van der Waals surface area contributed by atoms with Crippen molar-refractivity contribution >= 4 is 17.5 Å². The molecule has 1 amide bonds. The summed E-state index contributed by atoms with van der Waals surface area (Å²) in [5.74, 6) is -0.0741. The molecule has 0 atom stereocenters. The lowest BCUT2D eigenvalue weighted by molar-refractivity contribution is 0.0951. The maximum Gasteiger partial charge on any atom is 0.251 e. The maximum atomic E-state index is 11.9. The van der Waals surface area contributed by atoms with Gasteiger partial charge in [0, 0.05) is 17.1 Å². The van der Waals surface area contributed by atoms with Crippen LogP contribution in [-0.4, -0.2) is 5.91 Å². The van der Waals surface area contributed by atoms with Crippen molar-refractivity contribution in [1.82, 2.24) is 5.32 Å². The number of nitrogens with one attached hydrogen (secondary N) is 1. The molecule has 2 aromatic rings. The number of hydrogen-bond acceptors (Lipinski definition) is 1. The third-order valence-corrected chi connectivity index (χ3v) is 2.89. The average molecular weight is 260 g/mol. The van der Waals surface area contributed by atoms with Crippen LogP contribution in [0.15, 0.2) is 48.5 Å². The van der Waals surface area contributed by atoms with E-state index in [1.807, 2.05) is 55.5 Å². The van der Waals surface area contributed by atoms with E-state index in [9.17, 15) is 4.79 Å². The van der Waals surface area contributed by atoms with Gasteiger partial charge in [-0.05, 0) is 36.8 Å². The number of aryl methyl sites for hydroxylation is 1. The van der Waals surface area contributed by atoms with Crippen LogP contribution >= 0.6 is 11.6 Å². The second-order valence-corrected chi connectivity index (χ2v) is 4.62. The lowest BCUT2D eigenvalue weighted by atomic mass is 10.1. The first-order chi connectivity index (χ1) is 8.65. The number of rotatable bonds is 3. The molecule has 0 fully saturated rings. The molecular weight excluding hydrogens is 246 g/mol. The zero-order valence-electron chi connectivity index (χ0n) is 10.1. The summed E-state index contributed by atoms with van der Waals surface area (Å²) in [5, 5.41) is 3.54. The lowest BCUT2D eigenvalue weighted by Gasteiger charge is -2.06. The Balaban J connectivity index is 1.98.